The van der Waals surface area contributed by atoms with Crippen molar-refractivity contribution in [1.29, 1.82) is 0 Å². The SMILES string of the molecule is CC(=O)Nc1ccccc1CNC1CC1(C)C. The second-order valence-corrected chi connectivity index (χ2v) is 5.46. The van der Waals surface area contributed by atoms with E-state index in [9.17, 15) is 4.79 Å². The van der Waals surface area contributed by atoms with Crippen LogP contribution in [0.3, 0.4) is 0 Å². The molecule has 0 aliphatic heterocycles. The lowest BCUT2D eigenvalue weighted by molar-refractivity contribution is -0.114. The van der Waals surface area contributed by atoms with Crippen LogP contribution in [0.5, 0.6) is 0 Å². The predicted octanol–water partition coefficient (Wildman–Crippen LogP) is 2.53. The molecule has 0 radical (unpaired) electrons. The highest BCUT2D eigenvalue weighted by molar-refractivity contribution is 5.89. The molecule has 0 saturated heterocycles. The molecule has 1 aromatic rings. The number of anilines is 1. The van der Waals surface area contributed by atoms with Crippen molar-refractivity contribution in [2.24, 2.45) is 5.41 Å². The zero-order valence-corrected chi connectivity index (χ0v) is 10.7. The monoisotopic (exact) mass is 232 g/mol. The molecule has 0 heterocycles. The Labute approximate surface area is 103 Å². The van der Waals surface area contributed by atoms with Crippen LogP contribution in [0.1, 0.15) is 32.8 Å². The van der Waals surface area contributed by atoms with Crippen LogP contribution in [0, 0.1) is 5.41 Å². The normalized spacial score (nSPS) is 21.0. The Morgan fingerprint density at radius 2 is 2.06 bits per heavy atom. The third-order valence-electron chi connectivity index (χ3n) is 3.38. The molecule has 92 valence electrons. The van der Waals surface area contributed by atoms with Gasteiger partial charge in [-0.25, -0.2) is 0 Å². The maximum atomic E-state index is 11.1. The van der Waals surface area contributed by atoms with Crippen LogP contribution in [0.4, 0.5) is 5.69 Å². The van der Waals surface area contributed by atoms with Gasteiger partial charge in [-0.05, 0) is 23.5 Å². The number of carbonyl (C=O) groups excluding carboxylic acids is 1. The molecule has 1 unspecified atom stereocenters. The number of hydrogen-bond donors (Lipinski definition) is 2. The van der Waals surface area contributed by atoms with E-state index < -0.39 is 0 Å². The standard InChI is InChI=1S/C14H20N2O/c1-10(17)16-12-7-5-4-6-11(12)9-15-13-8-14(13,2)3/h4-7,13,15H,8-9H2,1-3H3,(H,16,17). The minimum absolute atomic E-state index is 0.0239. The molecule has 3 heteroatoms. The van der Waals surface area contributed by atoms with Gasteiger partial charge in [-0.15, -0.1) is 0 Å². The predicted molar refractivity (Wildman–Crippen MR) is 69.8 cm³/mol. The molecule has 1 amide bonds. The summed E-state index contributed by atoms with van der Waals surface area (Å²) in [5.41, 5.74) is 2.49. The fraction of sp³-hybridized carbons (Fsp3) is 0.500. The first-order valence-corrected chi connectivity index (χ1v) is 6.08. The molecule has 1 aliphatic rings. The first kappa shape index (κ1) is 12.1. The van der Waals surface area contributed by atoms with Gasteiger partial charge in [0.2, 0.25) is 5.91 Å². The summed E-state index contributed by atoms with van der Waals surface area (Å²) in [6.07, 6.45) is 1.23. The Bertz CT molecular complexity index is 426. The van der Waals surface area contributed by atoms with Gasteiger partial charge in [0.25, 0.3) is 0 Å². The fourth-order valence-electron chi connectivity index (χ4n) is 2.03. The molecule has 2 N–H and O–H groups in total. The lowest BCUT2D eigenvalue weighted by atomic mass is 10.1. The first-order valence-electron chi connectivity index (χ1n) is 6.08. The van der Waals surface area contributed by atoms with Crippen LogP contribution in [-0.2, 0) is 11.3 Å². The Kier molecular flexibility index (Phi) is 3.20. The van der Waals surface area contributed by atoms with E-state index in [1.165, 1.54) is 13.3 Å². The maximum absolute atomic E-state index is 11.1. The van der Waals surface area contributed by atoms with Gasteiger partial charge < -0.3 is 10.6 Å². The summed E-state index contributed by atoms with van der Waals surface area (Å²) in [6.45, 7) is 6.88. The maximum Gasteiger partial charge on any atom is 0.221 e. The number of amides is 1. The highest BCUT2D eigenvalue weighted by atomic mass is 16.1. The van der Waals surface area contributed by atoms with E-state index in [-0.39, 0.29) is 5.91 Å². The summed E-state index contributed by atoms with van der Waals surface area (Å²) >= 11 is 0. The summed E-state index contributed by atoms with van der Waals surface area (Å²) in [7, 11) is 0. The van der Waals surface area contributed by atoms with E-state index in [4.69, 9.17) is 0 Å². The number of para-hydroxylation sites is 1. The topological polar surface area (TPSA) is 41.1 Å². The summed E-state index contributed by atoms with van der Waals surface area (Å²) < 4.78 is 0. The molecule has 1 fully saturated rings. The second kappa shape index (κ2) is 4.49. The zero-order chi connectivity index (χ0) is 12.5. The first-order chi connectivity index (χ1) is 7.99. The van der Waals surface area contributed by atoms with Crippen molar-refractivity contribution in [2.75, 3.05) is 5.32 Å². The Morgan fingerprint density at radius 1 is 1.41 bits per heavy atom. The van der Waals surface area contributed by atoms with Gasteiger partial charge in [-0.1, -0.05) is 32.0 Å². The van der Waals surface area contributed by atoms with E-state index in [0.717, 1.165) is 17.8 Å². The van der Waals surface area contributed by atoms with Crippen molar-refractivity contribution in [2.45, 2.75) is 39.8 Å². The van der Waals surface area contributed by atoms with Crippen molar-refractivity contribution < 1.29 is 4.79 Å². The van der Waals surface area contributed by atoms with Crippen molar-refractivity contribution in [3.63, 3.8) is 0 Å². The molecule has 17 heavy (non-hydrogen) atoms. The van der Waals surface area contributed by atoms with Crippen LogP contribution in [-0.4, -0.2) is 11.9 Å². The van der Waals surface area contributed by atoms with E-state index in [0.29, 0.717) is 11.5 Å². The molecular weight excluding hydrogens is 212 g/mol. The van der Waals surface area contributed by atoms with Crippen molar-refractivity contribution >= 4 is 11.6 Å². The molecule has 1 aromatic carbocycles. The summed E-state index contributed by atoms with van der Waals surface area (Å²) in [5, 5.41) is 6.38. The largest absolute Gasteiger partial charge is 0.326 e. The van der Waals surface area contributed by atoms with Crippen molar-refractivity contribution in [1.82, 2.24) is 5.32 Å². The minimum Gasteiger partial charge on any atom is -0.326 e. The summed E-state index contributed by atoms with van der Waals surface area (Å²) in [5.74, 6) is -0.0239. The second-order valence-electron chi connectivity index (χ2n) is 5.46. The smallest absolute Gasteiger partial charge is 0.221 e. The van der Waals surface area contributed by atoms with Gasteiger partial charge in [-0.2, -0.15) is 0 Å². The van der Waals surface area contributed by atoms with Crippen LogP contribution in [0.25, 0.3) is 0 Å². The van der Waals surface area contributed by atoms with E-state index in [2.05, 4.69) is 24.5 Å². The number of hydrogen-bond acceptors (Lipinski definition) is 2. The third-order valence-corrected chi connectivity index (χ3v) is 3.38. The van der Waals surface area contributed by atoms with Gasteiger partial charge in [0.15, 0.2) is 0 Å². The molecule has 1 aliphatic carbocycles. The summed E-state index contributed by atoms with van der Waals surface area (Å²) in [4.78, 5) is 11.1. The van der Waals surface area contributed by atoms with Crippen molar-refractivity contribution in [3.8, 4) is 0 Å². The average molecular weight is 232 g/mol. The van der Waals surface area contributed by atoms with Gasteiger partial charge in [0.05, 0.1) is 0 Å². The third kappa shape index (κ3) is 3.07. The van der Waals surface area contributed by atoms with Crippen LogP contribution < -0.4 is 10.6 Å². The molecule has 0 spiro atoms. The highest BCUT2D eigenvalue weighted by Crippen LogP contribution is 2.44. The van der Waals surface area contributed by atoms with E-state index in [1.54, 1.807) is 0 Å². The lowest BCUT2D eigenvalue weighted by Crippen LogP contribution is -2.21. The van der Waals surface area contributed by atoms with Crippen LogP contribution in [0.2, 0.25) is 0 Å². The van der Waals surface area contributed by atoms with Gasteiger partial charge in [0, 0.05) is 25.2 Å². The molecule has 2 rings (SSSR count). The highest BCUT2D eigenvalue weighted by Gasteiger charge is 2.44. The number of rotatable bonds is 4. The molecular formula is C14H20N2O. The van der Waals surface area contributed by atoms with Gasteiger partial charge in [0.1, 0.15) is 0 Å². The fourth-order valence-corrected chi connectivity index (χ4v) is 2.03. The molecule has 1 saturated carbocycles. The quantitative estimate of drug-likeness (QED) is 0.837. The van der Waals surface area contributed by atoms with Crippen molar-refractivity contribution in [3.05, 3.63) is 29.8 Å². The van der Waals surface area contributed by atoms with Crippen LogP contribution in [0.15, 0.2) is 24.3 Å². The Balaban J connectivity index is 1.98. The van der Waals surface area contributed by atoms with Gasteiger partial charge in [-0.3, -0.25) is 4.79 Å². The number of benzene rings is 1. The van der Waals surface area contributed by atoms with E-state index in [1.807, 2.05) is 24.3 Å². The zero-order valence-electron chi connectivity index (χ0n) is 10.7. The van der Waals surface area contributed by atoms with Crippen LogP contribution >= 0.6 is 0 Å². The van der Waals surface area contributed by atoms with E-state index >= 15 is 0 Å². The molecule has 0 bridgehead atoms. The average Bonchev–Trinajstić information content (AvgIpc) is 2.84. The minimum atomic E-state index is -0.0239. The number of carbonyl (C=O) groups is 1. The molecule has 3 nitrogen and oxygen atoms in total. The summed E-state index contributed by atoms with van der Waals surface area (Å²) in [6, 6.07) is 8.54. The Hall–Kier alpha value is -1.35. The molecule has 0 aromatic heterocycles. The molecule has 1 atom stereocenters. The Morgan fingerprint density at radius 3 is 2.65 bits per heavy atom. The number of nitrogens with one attached hydrogen (secondary N) is 2. The lowest BCUT2D eigenvalue weighted by Gasteiger charge is -2.11. The van der Waals surface area contributed by atoms with Gasteiger partial charge >= 0.3 is 0 Å².